The van der Waals surface area contributed by atoms with E-state index in [9.17, 15) is 0 Å². The average Bonchev–Trinajstić information content (AvgIpc) is 3.26. The molecular weight excluding hydrogens is 370 g/mol. The molecule has 0 saturated carbocycles. The smallest absolute Gasteiger partial charge is 0.0934 e. The maximum Gasteiger partial charge on any atom is 0.0934 e. The Morgan fingerprint density at radius 3 is 2.07 bits per heavy atom. The number of unbranched alkanes of at least 4 members (excludes halogenated alkanes) is 9. The number of hydrogen-bond donors (Lipinski definition) is 0. The van der Waals surface area contributed by atoms with Gasteiger partial charge in [0.1, 0.15) is 0 Å². The second-order valence-corrected chi connectivity index (χ2v) is 8.74. The topological polar surface area (TPSA) is 21.7 Å². The molecule has 1 aliphatic rings. The van der Waals surface area contributed by atoms with Crippen LogP contribution in [0.1, 0.15) is 104 Å². The van der Waals surface area contributed by atoms with Crippen LogP contribution in [0, 0.1) is 0 Å². The molecule has 0 spiro atoms. The molecule has 176 valence electrons. The fraction of sp³-hybridized carbons (Fsp3) is 0.852. The van der Waals surface area contributed by atoms with Crippen molar-refractivity contribution < 1.29 is 9.47 Å². The second-order valence-electron chi connectivity index (χ2n) is 8.74. The number of allylic oxidation sites excluding steroid dienone is 4. The van der Waals surface area contributed by atoms with E-state index in [0.29, 0.717) is 0 Å². The Balaban J connectivity index is 1.83. The first kappa shape index (κ1) is 27.4. The molecule has 0 N–H and O–H groups in total. The van der Waals surface area contributed by atoms with Gasteiger partial charge in [-0.05, 0) is 71.4 Å². The Hall–Kier alpha value is -0.640. The third-order valence-electron chi connectivity index (χ3n) is 5.86. The molecule has 0 aromatic rings. The molecule has 1 fully saturated rings. The molecule has 1 aliphatic heterocycles. The van der Waals surface area contributed by atoms with Crippen molar-refractivity contribution in [2.75, 3.05) is 39.5 Å². The molecule has 0 radical (unpaired) electrons. The molecule has 1 rings (SSSR count). The van der Waals surface area contributed by atoms with Crippen LogP contribution >= 0.6 is 0 Å². The summed E-state index contributed by atoms with van der Waals surface area (Å²) in [4.78, 5) is 2.52. The van der Waals surface area contributed by atoms with Crippen LogP contribution in [-0.2, 0) is 9.47 Å². The monoisotopic (exact) mass is 421 g/mol. The van der Waals surface area contributed by atoms with Crippen LogP contribution in [0.25, 0.3) is 0 Å². The van der Waals surface area contributed by atoms with Crippen molar-refractivity contribution in [2.45, 2.75) is 110 Å². The fourth-order valence-corrected chi connectivity index (χ4v) is 4.05. The molecule has 0 amide bonds. The van der Waals surface area contributed by atoms with Crippen LogP contribution in [-0.4, -0.2) is 50.5 Å². The third kappa shape index (κ3) is 17.1. The molecule has 3 nitrogen and oxygen atoms in total. The van der Waals surface area contributed by atoms with E-state index in [1.165, 1.54) is 96.6 Å². The first-order valence-corrected chi connectivity index (χ1v) is 13.1. The molecule has 30 heavy (non-hydrogen) atoms. The van der Waals surface area contributed by atoms with Gasteiger partial charge in [0.15, 0.2) is 0 Å². The standard InChI is InChI=1S/C27H51NO2/c1-3-5-6-7-8-9-10-11-12-13-14-15-16-17-18-21-24-29-26-27(30-4-2)25-28-22-19-20-23-28/h8-9,11-12,27H,3-7,10,13-26H2,1-2H3/b9-8-,12-11-. The third-order valence-corrected chi connectivity index (χ3v) is 5.86. The van der Waals surface area contributed by atoms with Crippen molar-refractivity contribution in [3.63, 3.8) is 0 Å². The van der Waals surface area contributed by atoms with E-state index in [1.807, 2.05) is 0 Å². The summed E-state index contributed by atoms with van der Waals surface area (Å²) in [6, 6.07) is 0. The zero-order valence-corrected chi connectivity index (χ0v) is 20.3. The van der Waals surface area contributed by atoms with Crippen LogP contribution in [0.5, 0.6) is 0 Å². The van der Waals surface area contributed by atoms with E-state index in [4.69, 9.17) is 9.47 Å². The van der Waals surface area contributed by atoms with E-state index >= 15 is 0 Å². The van der Waals surface area contributed by atoms with Crippen LogP contribution in [0.15, 0.2) is 24.3 Å². The summed E-state index contributed by atoms with van der Waals surface area (Å²) in [6.07, 6.45) is 27.8. The van der Waals surface area contributed by atoms with Crippen molar-refractivity contribution >= 4 is 0 Å². The highest BCUT2D eigenvalue weighted by Gasteiger charge is 2.17. The van der Waals surface area contributed by atoms with Crippen LogP contribution < -0.4 is 0 Å². The number of nitrogens with zero attached hydrogens (tertiary/aromatic N) is 1. The fourth-order valence-electron chi connectivity index (χ4n) is 4.05. The van der Waals surface area contributed by atoms with Gasteiger partial charge >= 0.3 is 0 Å². The van der Waals surface area contributed by atoms with Gasteiger partial charge < -0.3 is 14.4 Å². The Bertz CT molecular complexity index is 402. The van der Waals surface area contributed by atoms with Crippen LogP contribution in [0.4, 0.5) is 0 Å². The van der Waals surface area contributed by atoms with Gasteiger partial charge in [-0.3, -0.25) is 0 Å². The number of hydrogen-bond acceptors (Lipinski definition) is 3. The van der Waals surface area contributed by atoms with Crippen molar-refractivity contribution in [2.24, 2.45) is 0 Å². The van der Waals surface area contributed by atoms with E-state index in [-0.39, 0.29) is 6.10 Å². The van der Waals surface area contributed by atoms with E-state index in [0.717, 1.165) is 32.8 Å². The Kier molecular flexibility index (Phi) is 19.7. The molecule has 0 aromatic heterocycles. The minimum absolute atomic E-state index is 0.248. The lowest BCUT2D eigenvalue weighted by Gasteiger charge is -2.23. The summed E-state index contributed by atoms with van der Waals surface area (Å²) in [6.45, 7) is 10.3. The van der Waals surface area contributed by atoms with Gasteiger partial charge in [0.05, 0.1) is 12.7 Å². The molecule has 0 aromatic carbocycles. The van der Waals surface area contributed by atoms with Crippen molar-refractivity contribution in [1.29, 1.82) is 0 Å². The lowest BCUT2D eigenvalue weighted by atomic mass is 10.1. The highest BCUT2D eigenvalue weighted by molar-refractivity contribution is 4.92. The Morgan fingerprint density at radius 1 is 0.767 bits per heavy atom. The quantitative estimate of drug-likeness (QED) is 0.143. The van der Waals surface area contributed by atoms with Gasteiger partial charge in [0.2, 0.25) is 0 Å². The predicted octanol–water partition coefficient (Wildman–Crippen LogP) is 7.32. The molecular formula is C27H51NO2. The Morgan fingerprint density at radius 2 is 1.40 bits per heavy atom. The summed E-state index contributed by atoms with van der Waals surface area (Å²) >= 11 is 0. The summed E-state index contributed by atoms with van der Waals surface area (Å²) in [7, 11) is 0. The van der Waals surface area contributed by atoms with Crippen molar-refractivity contribution in [3.8, 4) is 0 Å². The van der Waals surface area contributed by atoms with Crippen molar-refractivity contribution in [1.82, 2.24) is 4.90 Å². The van der Waals surface area contributed by atoms with E-state index in [1.54, 1.807) is 0 Å². The highest BCUT2D eigenvalue weighted by atomic mass is 16.5. The van der Waals surface area contributed by atoms with Crippen LogP contribution in [0.3, 0.4) is 0 Å². The molecule has 1 atom stereocenters. The van der Waals surface area contributed by atoms with Crippen LogP contribution in [0.2, 0.25) is 0 Å². The minimum atomic E-state index is 0.248. The molecule has 1 saturated heterocycles. The SMILES string of the molecule is CCCCC/C=C\C/C=C\CCCCCCCCOCC(CN1CCCC1)OCC. The lowest BCUT2D eigenvalue weighted by molar-refractivity contribution is -0.0259. The van der Waals surface area contributed by atoms with Gasteiger partial charge in [0.25, 0.3) is 0 Å². The van der Waals surface area contributed by atoms with Gasteiger partial charge in [0, 0.05) is 19.8 Å². The zero-order valence-electron chi connectivity index (χ0n) is 20.3. The predicted molar refractivity (Wildman–Crippen MR) is 131 cm³/mol. The van der Waals surface area contributed by atoms with Gasteiger partial charge in [-0.25, -0.2) is 0 Å². The summed E-state index contributed by atoms with van der Waals surface area (Å²) < 4.78 is 11.8. The second kappa shape index (κ2) is 21.6. The van der Waals surface area contributed by atoms with E-state index < -0.39 is 0 Å². The van der Waals surface area contributed by atoms with Crippen molar-refractivity contribution in [3.05, 3.63) is 24.3 Å². The van der Waals surface area contributed by atoms with Gasteiger partial charge in [-0.1, -0.05) is 69.8 Å². The summed E-state index contributed by atoms with van der Waals surface area (Å²) in [5.74, 6) is 0. The Labute approximate surface area is 188 Å². The highest BCUT2D eigenvalue weighted by Crippen LogP contribution is 2.11. The summed E-state index contributed by atoms with van der Waals surface area (Å²) in [5.41, 5.74) is 0. The molecule has 0 bridgehead atoms. The first-order chi connectivity index (χ1) is 14.9. The zero-order chi connectivity index (χ0) is 21.5. The minimum Gasteiger partial charge on any atom is -0.379 e. The normalized spacial score (nSPS) is 16.3. The summed E-state index contributed by atoms with van der Waals surface area (Å²) in [5, 5.41) is 0. The molecule has 1 unspecified atom stereocenters. The lowest BCUT2D eigenvalue weighted by Crippen LogP contribution is -2.35. The van der Waals surface area contributed by atoms with Gasteiger partial charge in [-0.15, -0.1) is 0 Å². The molecule has 1 heterocycles. The first-order valence-electron chi connectivity index (χ1n) is 13.1. The van der Waals surface area contributed by atoms with E-state index in [2.05, 4.69) is 43.1 Å². The number of ether oxygens (including phenoxy) is 2. The largest absolute Gasteiger partial charge is 0.379 e. The number of likely N-dealkylation sites (tertiary alicyclic amines) is 1. The van der Waals surface area contributed by atoms with Gasteiger partial charge in [-0.2, -0.15) is 0 Å². The number of rotatable bonds is 21. The maximum absolute atomic E-state index is 5.91. The average molecular weight is 422 g/mol. The molecule has 3 heteroatoms. The maximum atomic E-state index is 5.91. The molecule has 0 aliphatic carbocycles.